The smallest absolute Gasteiger partial charge is 0.165 e. The molecule has 2 heterocycles. The van der Waals surface area contributed by atoms with Gasteiger partial charge in [0.1, 0.15) is 0 Å². The molecule has 196 valence electrons. The van der Waals surface area contributed by atoms with Crippen LogP contribution in [0.4, 0.5) is 0 Å². The van der Waals surface area contributed by atoms with Gasteiger partial charge in [-0.1, -0.05) is 121 Å². The van der Waals surface area contributed by atoms with Crippen LogP contribution in [-0.4, -0.2) is 19.9 Å². The molecule has 4 nitrogen and oxygen atoms in total. The van der Waals surface area contributed by atoms with E-state index in [1.165, 1.54) is 32.3 Å². The van der Waals surface area contributed by atoms with Gasteiger partial charge in [0.25, 0.3) is 0 Å². The van der Waals surface area contributed by atoms with Gasteiger partial charge < -0.3 is 0 Å². The molecule has 0 saturated heterocycles. The van der Waals surface area contributed by atoms with Crippen LogP contribution in [0.25, 0.3) is 77.7 Å². The summed E-state index contributed by atoms with van der Waals surface area (Å²) in [7, 11) is 0. The van der Waals surface area contributed by atoms with Crippen molar-refractivity contribution in [3.8, 4) is 45.4 Å². The van der Waals surface area contributed by atoms with Crippen LogP contribution < -0.4 is 0 Å². The molecular formula is C38H24N4. The van der Waals surface area contributed by atoms with Crippen LogP contribution in [0.3, 0.4) is 0 Å². The van der Waals surface area contributed by atoms with Crippen molar-refractivity contribution in [1.82, 2.24) is 19.9 Å². The Morgan fingerprint density at radius 1 is 0.310 bits per heavy atom. The van der Waals surface area contributed by atoms with E-state index in [-0.39, 0.29) is 0 Å². The first-order valence-corrected chi connectivity index (χ1v) is 14.0. The lowest BCUT2D eigenvalue weighted by Gasteiger charge is -2.12. The monoisotopic (exact) mass is 536 g/mol. The molecule has 0 spiro atoms. The van der Waals surface area contributed by atoms with E-state index in [9.17, 15) is 0 Å². The number of rotatable bonds is 4. The minimum absolute atomic E-state index is 0.592. The van der Waals surface area contributed by atoms with E-state index in [0.29, 0.717) is 17.5 Å². The molecule has 4 heteroatoms. The largest absolute Gasteiger partial charge is 0.255 e. The van der Waals surface area contributed by atoms with Crippen molar-refractivity contribution < 1.29 is 0 Å². The van der Waals surface area contributed by atoms with Gasteiger partial charge >= 0.3 is 0 Å². The number of fused-ring (bicyclic) bond motifs is 6. The molecule has 0 fully saturated rings. The molecule has 8 aromatic rings. The number of benzene rings is 6. The van der Waals surface area contributed by atoms with Crippen LogP contribution in [0.2, 0.25) is 0 Å². The number of pyridine rings is 1. The molecule has 6 aromatic carbocycles. The molecule has 0 unspecified atom stereocenters. The maximum Gasteiger partial charge on any atom is 0.165 e. The van der Waals surface area contributed by atoms with E-state index in [0.717, 1.165) is 27.9 Å². The summed E-state index contributed by atoms with van der Waals surface area (Å²) in [5, 5.41) is 7.34. The van der Waals surface area contributed by atoms with Crippen molar-refractivity contribution >= 4 is 32.3 Å². The second-order valence-electron chi connectivity index (χ2n) is 10.3. The van der Waals surface area contributed by atoms with Gasteiger partial charge in [0.05, 0.1) is 5.69 Å². The van der Waals surface area contributed by atoms with Crippen LogP contribution in [0, 0.1) is 0 Å². The van der Waals surface area contributed by atoms with Crippen LogP contribution in [-0.2, 0) is 0 Å². The highest BCUT2D eigenvalue weighted by atomic mass is 15.0. The van der Waals surface area contributed by atoms with Gasteiger partial charge in [-0.2, -0.15) is 0 Å². The van der Waals surface area contributed by atoms with Gasteiger partial charge in [-0.15, -0.1) is 0 Å². The van der Waals surface area contributed by atoms with Gasteiger partial charge in [-0.05, 0) is 50.5 Å². The summed E-state index contributed by atoms with van der Waals surface area (Å²) < 4.78 is 0. The molecule has 42 heavy (non-hydrogen) atoms. The van der Waals surface area contributed by atoms with E-state index in [2.05, 4.69) is 78.9 Å². The molecule has 0 aliphatic rings. The average Bonchev–Trinajstić information content (AvgIpc) is 3.09. The predicted octanol–water partition coefficient (Wildman–Crippen LogP) is 9.39. The fraction of sp³-hybridized carbons (Fsp3) is 0. The van der Waals surface area contributed by atoms with Crippen molar-refractivity contribution in [2.75, 3.05) is 0 Å². The third-order valence-corrected chi connectivity index (χ3v) is 7.76. The first-order valence-electron chi connectivity index (χ1n) is 14.0. The van der Waals surface area contributed by atoms with E-state index in [4.69, 9.17) is 19.9 Å². The maximum atomic E-state index is 4.99. The highest BCUT2D eigenvalue weighted by Gasteiger charge is 2.15. The number of aromatic nitrogens is 4. The fourth-order valence-corrected chi connectivity index (χ4v) is 5.70. The number of hydrogen-bond acceptors (Lipinski definition) is 4. The van der Waals surface area contributed by atoms with E-state index < -0.39 is 0 Å². The minimum Gasteiger partial charge on any atom is -0.255 e. The van der Waals surface area contributed by atoms with Crippen molar-refractivity contribution in [3.05, 3.63) is 146 Å². The van der Waals surface area contributed by atoms with Gasteiger partial charge in [0.2, 0.25) is 0 Å². The van der Waals surface area contributed by atoms with Crippen LogP contribution >= 0.6 is 0 Å². The average molecular weight is 537 g/mol. The van der Waals surface area contributed by atoms with Crippen LogP contribution in [0.15, 0.2) is 146 Å². The zero-order valence-electron chi connectivity index (χ0n) is 22.6. The fourth-order valence-electron chi connectivity index (χ4n) is 5.70. The Labute approximate surface area is 243 Å². The molecule has 0 radical (unpaired) electrons. The third-order valence-electron chi connectivity index (χ3n) is 7.76. The lowest BCUT2D eigenvalue weighted by molar-refractivity contribution is 1.07. The quantitative estimate of drug-likeness (QED) is 0.210. The summed E-state index contributed by atoms with van der Waals surface area (Å²) in [6.45, 7) is 0. The number of hydrogen-bond donors (Lipinski definition) is 0. The lowest BCUT2D eigenvalue weighted by Crippen LogP contribution is -2.00. The summed E-state index contributed by atoms with van der Waals surface area (Å²) in [5.74, 6) is 1.85. The van der Waals surface area contributed by atoms with Gasteiger partial charge in [-0.3, -0.25) is 4.98 Å². The molecule has 0 bridgehead atoms. The summed E-state index contributed by atoms with van der Waals surface area (Å²) in [6.07, 6.45) is 1.84. The normalized spacial score (nSPS) is 11.3. The SMILES string of the molecule is c1ccc(-c2ccc(-c3nc(-c4ccccc4)nc(-c4ccc5c6ccccc6c6ccccc6c5c4)n3)cn2)cc1. The van der Waals surface area contributed by atoms with Gasteiger partial charge in [-0.25, -0.2) is 15.0 Å². The lowest BCUT2D eigenvalue weighted by atomic mass is 9.93. The zero-order valence-corrected chi connectivity index (χ0v) is 22.6. The Morgan fingerprint density at radius 2 is 0.762 bits per heavy atom. The summed E-state index contributed by atoms with van der Waals surface area (Å²) in [4.78, 5) is 19.6. The van der Waals surface area contributed by atoms with E-state index >= 15 is 0 Å². The summed E-state index contributed by atoms with van der Waals surface area (Å²) >= 11 is 0. The number of nitrogens with zero attached hydrogens (tertiary/aromatic N) is 4. The Balaban J connectivity index is 1.32. The van der Waals surface area contributed by atoms with Crippen molar-refractivity contribution in [3.63, 3.8) is 0 Å². The second-order valence-corrected chi connectivity index (χ2v) is 10.3. The molecular weight excluding hydrogens is 512 g/mol. The van der Waals surface area contributed by atoms with Gasteiger partial charge in [0, 0.05) is 28.5 Å². The molecule has 0 atom stereocenters. The van der Waals surface area contributed by atoms with E-state index in [1.54, 1.807) is 0 Å². The summed E-state index contributed by atoms with van der Waals surface area (Å²) in [5.41, 5.74) is 4.70. The maximum absolute atomic E-state index is 4.99. The molecule has 0 aliphatic carbocycles. The third kappa shape index (κ3) is 4.18. The minimum atomic E-state index is 0.592. The Bertz CT molecular complexity index is 2190. The Morgan fingerprint density at radius 3 is 1.33 bits per heavy atom. The molecule has 0 amide bonds. The zero-order chi connectivity index (χ0) is 27.9. The standard InChI is InChI=1S/C38H24N4/c1-3-11-25(12-4-1)35-22-20-28(24-39-35)38-41-36(26-13-5-2-6-14-26)40-37(42-38)27-19-21-33-31-17-8-7-15-29(31)30-16-9-10-18-32(30)34(33)23-27/h1-24H. The topological polar surface area (TPSA) is 51.6 Å². The Hall–Kier alpha value is -5.74. The molecule has 8 rings (SSSR count). The molecule has 0 saturated carbocycles. The predicted molar refractivity (Wildman–Crippen MR) is 172 cm³/mol. The first-order chi connectivity index (χ1) is 20.8. The van der Waals surface area contributed by atoms with Crippen LogP contribution in [0.5, 0.6) is 0 Å². The molecule has 0 N–H and O–H groups in total. The Kier molecular flexibility index (Phi) is 5.75. The first kappa shape index (κ1) is 24.1. The van der Waals surface area contributed by atoms with Crippen LogP contribution in [0.1, 0.15) is 0 Å². The summed E-state index contributed by atoms with van der Waals surface area (Å²) in [6, 6.07) is 48.0. The van der Waals surface area contributed by atoms with Crippen molar-refractivity contribution in [2.45, 2.75) is 0 Å². The highest BCUT2D eigenvalue weighted by Crippen LogP contribution is 2.37. The molecule has 2 aromatic heterocycles. The van der Waals surface area contributed by atoms with Crippen molar-refractivity contribution in [1.29, 1.82) is 0 Å². The van der Waals surface area contributed by atoms with Gasteiger partial charge in [0.15, 0.2) is 17.5 Å². The highest BCUT2D eigenvalue weighted by molar-refractivity contribution is 6.25. The van der Waals surface area contributed by atoms with E-state index in [1.807, 2.05) is 66.9 Å². The van der Waals surface area contributed by atoms with Crippen molar-refractivity contribution in [2.24, 2.45) is 0 Å². The molecule has 0 aliphatic heterocycles. The second kappa shape index (κ2) is 10.0.